The normalized spacial score (nSPS) is 27.3. The van der Waals surface area contributed by atoms with E-state index in [0.29, 0.717) is 0 Å². The average Bonchev–Trinajstić information content (AvgIpc) is 3.24. The first-order chi connectivity index (χ1) is 13.9. The minimum Gasteiger partial charge on any atom is -0.507 e. The van der Waals surface area contributed by atoms with Crippen LogP contribution < -0.4 is 4.74 Å². The number of hydrogen-bond donors (Lipinski definition) is 5. The molecule has 5 unspecified atom stereocenters. The van der Waals surface area contributed by atoms with Gasteiger partial charge in [0.15, 0.2) is 5.78 Å². The smallest absolute Gasteiger partial charge is 0.189 e. The van der Waals surface area contributed by atoms with Crippen molar-refractivity contribution < 1.29 is 39.8 Å². The van der Waals surface area contributed by atoms with E-state index in [9.17, 15) is 30.3 Å². The number of phenolic OH excluding ortho intramolecular Hbond substituents is 1. The van der Waals surface area contributed by atoms with Crippen molar-refractivity contribution in [1.29, 1.82) is 0 Å². The van der Waals surface area contributed by atoms with Gasteiger partial charge in [0.25, 0.3) is 0 Å². The van der Waals surface area contributed by atoms with Gasteiger partial charge in [0, 0.05) is 11.6 Å². The summed E-state index contributed by atoms with van der Waals surface area (Å²) in [6.07, 6.45) is -4.04. The topological polar surface area (TPSA) is 137 Å². The molecule has 2 aromatic rings. The standard InChI is InChI=1S/C20H22O8S/c1-27-15-7-14(23)11(13(22)3-2-10-4-5-29-9-10)6-12(15)20-19(26)18(25)17(24)16(8-21)28-20/h2-7,9,16-21,23-26H,8H2,1H3/b3-2+. The quantitative estimate of drug-likeness (QED) is 0.342. The van der Waals surface area contributed by atoms with Crippen molar-refractivity contribution in [2.24, 2.45) is 0 Å². The number of ketones is 1. The molecule has 29 heavy (non-hydrogen) atoms. The Kier molecular flexibility index (Phi) is 6.68. The highest BCUT2D eigenvalue weighted by Gasteiger charge is 2.45. The van der Waals surface area contributed by atoms with E-state index >= 15 is 0 Å². The molecule has 5 N–H and O–H groups in total. The lowest BCUT2D eigenvalue weighted by atomic mass is 9.89. The minimum atomic E-state index is -1.58. The van der Waals surface area contributed by atoms with Crippen molar-refractivity contribution in [1.82, 2.24) is 0 Å². The van der Waals surface area contributed by atoms with Crippen LogP contribution in [-0.2, 0) is 4.74 Å². The van der Waals surface area contributed by atoms with Gasteiger partial charge in [0.05, 0.1) is 19.3 Å². The molecule has 0 saturated carbocycles. The molecule has 1 aliphatic heterocycles. The summed E-state index contributed by atoms with van der Waals surface area (Å²) >= 11 is 1.48. The third-order valence-corrected chi connectivity index (χ3v) is 5.48. The third-order valence-electron chi connectivity index (χ3n) is 4.78. The van der Waals surface area contributed by atoms with Gasteiger partial charge in [-0.3, -0.25) is 4.79 Å². The molecule has 9 heteroatoms. The molecule has 5 atom stereocenters. The van der Waals surface area contributed by atoms with Crippen molar-refractivity contribution in [3.63, 3.8) is 0 Å². The van der Waals surface area contributed by atoms with Crippen LogP contribution >= 0.6 is 11.3 Å². The summed E-state index contributed by atoms with van der Waals surface area (Å²) < 4.78 is 10.8. The fraction of sp³-hybridized carbons (Fsp3) is 0.350. The van der Waals surface area contributed by atoms with Crippen molar-refractivity contribution in [2.75, 3.05) is 13.7 Å². The molecular weight excluding hydrogens is 400 g/mol. The molecule has 0 bridgehead atoms. The Morgan fingerprint density at radius 1 is 1.24 bits per heavy atom. The Morgan fingerprint density at radius 2 is 2.00 bits per heavy atom. The number of hydrogen-bond acceptors (Lipinski definition) is 9. The number of allylic oxidation sites excluding steroid dienone is 1. The Hall–Kier alpha value is -2.27. The van der Waals surface area contributed by atoms with E-state index < -0.39 is 42.9 Å². The van der Waals surface area contributed by atoms with E-state index in [4.69, 9.17) is 9.47 Å². The van der Waals surface area contributed by atoms with Gasteiger partial charge < -0.3 is 35.0 Å². The number of aromatic hydroxyl groups is 1. The van der Waals surface area contributed by atoms with Crippen LogP contribution in [0, 0.1) is 0 Å². The zero-order valence-electron chi connectivity index (χ0n) is 15.5. The first-order valence-corrected chi connectivity index (χ1v) is 9.77. The average molecular weight is 422 g/mol. The highest BCUT2D eigenvalue weighted by molar-refractivity contribution is 7.08. The Morgan fingerprint density at radius 3 is 2.62 bits per heavy atom. The first kappa shape index (κ1) is 21.4. The molecule has 0 amide bonds. The monoisotopic (exact) mass is 422 g/mol. The van der Waals surface area contributed by atoms with E-state index in [0.717, 1.165) is 5.56 Å². The number of benzene rings is 1. The molecule has 1 fully saturated rings. The fourth-order valence-electron chi connectivity index (χ4n) is 3.17. The van der Waals surface area contributed by atoms with Gasteiger partial charge >= 0.3 is 0 Å². The number of ether oxygens (including phenoxy) is 2. The largest absolute Gasteiger partial charge is 0.507 e. The summed E-state index contributed by atoms with van der Waals surface area (Å²) in [4.78, 5) is 12.6. The molecule has 156 valence electrons. The maximum absolute atomic E-state index is 12.6. The van der Waals surface area contributed by atoms with E-state index in [-0.39, 0.29) is 22.6 Å². The van der Waals surface area contributed by atoms with Gasteiger partial charge in [-0.2, -0.15) is 11.3 Å². The molecular formula is C20H22O8S. The van der Waals surface area contributed by atoms with Crippen molar-refractivity contribution in [3.05, 3.63) is 51.7 Å². The summed E-state index contributed by atoms with van der Waals surface area (Å²) in [6, 6.07) is 4.35. The summed E-state index contributed by atoms with van der Waals surface area (Å²) in [7, 11) is 1.33. The lowest BCUT2D eigenvalue weighted by molar-refractivity contribution is -0.232. The summed E-state index contributed by atoms with van der Waals surface area (Å²) in [5.74, 6) is -0.692. The molecule has 1 aromatic heterocycles. The van der Waals surface area contributed by atoms with Gasteiger partial charge in [-0.1, -0.05) is 6.08 Å². The van der Waals surface area contributed by atoms with Crippen LogP contribution in [0.1, 0.15) is 27.6 Å². The Labute approximate surface area is 170 Å². The van der Waals surface area contributed by atoms with Crippen LogP contribution in [0.3, 0.4) is 0 Å². The number of methoxy groups -OCH3 is 1. The maximum Gasteiger partial charge on any atom is 0.189 e. The number of aliphatic hydroxyl groups is 4. The zero-order valence-corrected chi connectivity index (χ0v) is 16.3. The highest BCUT2D eigenvalue weighted by atomic mass is 32.1. The number of carbonyl (C=O) groups is 1. The number of rotatable bonds is 6. The van der Waals surface area contributed by atoms with E-state index in [2.05, 4.69) is 0 Å². The Balaban J connectivity index is 1.98. The fourth-order valence-corrected chi connectivity index (χ4v) is 3.80. The van der Waals surface area contributed by atoms with Gasteiger partial charge in [0.2, 0.25) is 0 Å². The second-order valence-corrected chi connectivity index (χ2v) is 7.40. The molecule has 2 heterocycles. The van der Waals surface area contributed by atoms with Gasteiger partial charge in [-0.05, 0) is 34.5 Å². The van der Waals surface area contributed by atoms with Crippen LogP contribution in [-0.4, -0.2) is 69.4 Å². The van der Waals surface area contributed by atoms with E-state index in [1.807, 2.05) is 16.8 Å². The molecule has 1 aromatic carbocycles. The number of phenols is 1. The van der Waals surface area contributed by atoms with E-state index in [1.165, 1.54) is 36.7 Å². The molecule has 0 radical (unpaired) electrons. The van der Waals surface area contributed by atoms with Crippen LogP contribution in [0.25, 0.3) is 6.08 Å². The van der Waals surface area contributed by atoms with Crippen molar-refractivity contribution >= 4 is 23.2 Å². The summed E-state index contributed by atoms with van der Waals surface area (Å²) in [6.45, 7) is -0.586. The summed E-state index contributed by atoms with van der Waals surface area (Å²) in [5.41, 5.74) is 0.976. The lowest BCUT2D eigenvalue weighted by Crippen LogP contribution is -2.55. The molecule has 3 rings (SSSR count). The van der Waals surface area contributed by atoms with Gasteiger partial charge in [-0.15, -0.1) is 0 Å². The highest BCUT2D eigenvalue weighted by Crippen LogP contribution is 2.40. The third kappa shape index (κ3) is 4.35. The predicted molar refractivity (Wildman–Crippen MR) is 105 cm³/mol. The zero-order chi connectivity index (χ0) is 21.1. The molecule has 8 nitrogen and oxygen atoms in total. The maximum atomic E-state index is 12.6. The van der Waals surface area contributed by atoms with Crippen molar-refractivity contribution in [2.45, 2.75) is 30.5 Å². The lowest BCUT2D eigenvalue weighted by Gasteiger charge is -2.40. The van der Waals surface area contributed by atoms with Crippen LogP contribution in [0.4, 0.5) is 0 Å². The predicted octanol–water partition coefficient (Wildman–Crippen LogP) is 0.873. The van der Waals surface area contributed by atoms with Crippen LogP contribution in [0.15, 0.2) is 35.0 Å². The molecule has 1 aliphatic rings. The van der Waals surface area contributed by atoms with Gasteiger partial charge in [0.1, 0.15) is 42.0 Å². The Bertz CT molecular complexity index is 877. The van der Waals surface area contributed by atoms with Crippen LogP contribution in [0.5, 0.6) is 11.5 Å². The first-order valence-electron chi connectivity index (χ1n) is 8.83. The number of carbonyl (C=O) groups excluding carboxylic acids is 1. The minimum absolute atomic E-state index is 0.0516. The van der Waals surface area contributed by atoms with Crippen molar-refractivity contribution in [3.8, 4) is 11.5 Å². The molecule has 0 spiro atoms. The number of aliphatic hydroxyl groups excluding tert-OH is 4. The SMILES string of the molecule is COc1cc(O)c(C(=O)/C=C/c2ccsc2)cc1C1OC(CO)C(O)C(O)C1O. The molecule has 0 aliphatic carbocycles. The summed E-state index contributed by atoms with van der Waals surface area (Å²) in [5, 5.41) is 53.8. The second-order valence-electron chi connectivity index (χ2n) is 6.62. The van der Waals surface area contributed by atoms with E-state index in [1.54, 1.807) is 6.08 Å². The van der Waals surface area contributed by atoms with Gasteiger partial charge in [-0.25, -0.2) is 0 Å². The second kappa shape index (κ2) is 9.04. The van der Waals surface area contributed by atoms with Crippen LogP contribution in [0.2, 0.25) is 0 Å². The molecule has 1 saturated heterocycles. The number of thiophene rings is 1.